The molecule has 0 aliphatic heterocycles. The molecule has 17 heavy (non-hydrogen) atoms. The molecule has 98 valence electrons. The van der Waals surface area contributed by atoms with Crippen LogP contribution in [0.2, 0.25) is 0 Å². The van der Waals surface area contributed by atoms with Crippen LogP contribution < -0.4 is 5.73 Å². The topological polar surface area (TPSA) is 52.3 Å². The van der Waals surface area contributed by atoms with Crippen LogP contribution in [0.25, 0.3) is 0 Å². The fraction of sp³-hybridized carbons (Fsp3) is 0.786. The summed E-state index contributed by atoms with van der Waals surface area (Å²) in [7, 11) is 1.36. The Morgan fingerprint density at radius 1 is 1.29 bits per heavy atom. The van der Waals surface area contributed by atoms with Crippen molar-refractivity contribution in [3.05, 3.63) is 12.2 Å². The molecular weight excluding hydrogens is 214 g/mol. The molecule has 1 aliphatic carbocycles. The molecule has 1 atom stereocenters. The second-order valence-electron chi connectivity index (χ2n) is 6.39. The summed E-state index contributed by atoms with van der Waals surface area (Å²) in [5, 5.41) is 0. The van der Waals surface area contributed by atoms with E-state index in [1.54, 1.807) is 6.08 Å². The molecule has 0 aromatic heterocycles. The summed E-state index contributed by atoms with van der Waals surface area (Å²) in [6, 6.07) is -0.646. The van der Waals surface area contributed by atoms with Crippen LogP contribution in [0.3, 0.4) is 0 Å². The molecule has 1 saturated carbocycles. The Bertz CT molecular complexity index is 302. The predicted molar refractivity (Wildman–Crippen MR) is 69.4 cm³/mol. The molecule has 1 aliphatic rings. The van der Waals surface area contributed by atoms with E-state index in [9.17, 15) is 4.79 Å². The molecule has 0 saturated heterocycles. The van der Waals surface area contributed by atoms with E-state index >= 15 is 0 Å². The van der Waals surface area contributed by atoms with Crippen LogP contribution in [0.1, 0.15) is 40.5 Å². The lowest BCUT2D eigenvalue weighted by Gasteiger charge is -2.33. The Hall–Kier alpha value is -0.830. The van der Waals surface area contributed by atoms with Crippen LogP contribution in [-0.4, -0.2) is 19.1 Å². The molecule has 0 amide bonds. The first-order chi connectivity index (χ1) is 7.70. The number of nitrogens with two attached hydrogens (primary N) is 1. The number of carbonyl (C=O) groups excluding carboxylic acids is 1. The first-order valence-electron chi connectivity index (χ1n) is 6.22. The largest absolute Gasteiger partial charge is 0.468 e. The quantitative estimate of drug-likeness (QED) is 0.608. The van der Waals surface area contributed by atoms with Gasteiger partial charge >= 0.3 is 5.97 Å². The number of hydrogen-bond donors (Lipinski definition) is 1. The lowest BCUT2D eigenvalue weighted by atomic mass is 9.72. The minimum atomic E-state index is -0.646. The summed E-state index contributed by atoms with van der Waals surface area (Å²) in [6.45, 7) is 9.11. The molecule has 3 heteroatoms. The molecule has 2 N–H and O–H groups in total. The third-order valence-electron chi connectivity index (χ3n) is 4.08. The molecule has 0 bridgehead atoms. The summed E-state index contributed by atoms with van der Waals surface area (Å²) in [6.07, 6.45) is 6.31. The summed E-state index contributed by atoms with van der Waals surface area (Å²) in [4.78, 5) is 11.2. The van der Waals surface area contributed by atoms with Gasteiger partial charge in [-0.25, -0.2) is 0 Å². The average molecular weight is 239 g/mol. The number of methoxy groups -OCH3 is 1. The van der Waals surface area contributed by atoms with Crippen molar-refractivity contribution < 1.29 is 9.53 Å². The van der Waals surface area contributed by atoms with E-state index in [0.717, 1.165) is 0 Å². The SMILES string of the molecule is COC(=O)C(N)/C=C/C1C(C)(C)CCC1(C)C. The van der Waals surface area contributed by atoms with Crippen molar-refractivity contribution in [2.75, 3.05) is 7.11 Å². The molecule has 1 rings (SSSR count). The lowest BCUT2D eigenvalue weighted by Crippen LogP contribution is -2.31. The van der Waals surface area contributed by atoms with E-state index in [2.05, 4.69) is 38.5 Å². The minimum absolute atomic E-state index is 0.274. The summed E-state index contributed by atoms with van der Waals surface area (Å²) in [5.41, 5.74) is 6.27. The average Bonchev–Trinajstić information content (AvgIpc) is 2.45. The highest BCUT2D eigenvalue weighted by molar-refractivity contribution is 5.77. The monoisotopic (exact) mass is 239 g/mol. The maximum atomic E-state index is 11.2. The zero-order chi connectivity index (χ0) is 13.3. The Morgan fingerprint density at radius 2 is 1.76 bits per heavy atom. The Balaban J connectivity index is 2.79. The highest BCUT2D eigenvalue weighted by Gasteiger charge is 2.45. The first-order valence-corrected chi connectivity index (χ1v) is 6.22. The van der Waals surface area contributed by atoms with E-state index in [-0.39, 0.29) is 16.8 Å². The Kier molecular flexibility index (Phi) is 4.03. The number of esters is 1. The van der Waals surface area contributed by atoms with E-state index in [1.165, 1.54) is 20.0 Å². The minimum Gasteiger partial charge on any atom is -0.468 e. The van der Waals surface area contributed by atoms with Crippen molar-refractivity contribution in [3.63, 3.8) is 0 Å². The van der Waals surface area contributed by atoms with Gasteiger partial charge in [-0.3, -0.25) is 4.79 Å². The highest BCUT2D eigenvalue weighted by Crippen LogP contribution is 2.54. The van der Waals surface area contributed by atoms with Crippen LogP contribution in [0, 0.1) is 16.7 Å². The second-order valence-corrected chi connectivity index (χ2v) is 6.39. The van der Waals surface area contributed by atoms with Crippen LogP contribution in [0.15, 0.2) is 12.2 Å². The first kappa shape index (κ1) is 14.2. The fourth-order valence-corrected chi connectivity index (χ4v) is 2.98. The normalized spacial score (nSPS) is 25.1. The molecule has 0 heterocycles. The third-order valence-corrected chi connectivity index (χ3v) is 4.08. The highest BCUT2D eigenvalue weighted by atomic mass is 16.5. The number of carbonyl (C=O) groups is 1. The molecule has 0 aromatic carbocycles. The number of allylic oxidation sites excluding steroid dienone is 1. The van der Waals surface area contributed by atoms with Gasteiger partial charge in [0, 0.05) is 0 Å². The fourth-order valence-electron chi connectivity index (χ4n) is 2.98. The van der Waals surface area contributed by atoms with Gasteiger partial charge in [-0.2, -0.15) is 0 Å². The van der Waals surface area contributed by atoms with E-state index in [1.807, 2.05) is 0 Å². The van der Waals surface area contributed by atoms with Gasteiger partial charge < -0.3 is 10.5 Å². The zero-order valence-corrected chi connectivity index (χ0v) is 11.6. The molecule has 1 unspecified atom stereocenters. The van der Waals surface area contributed by atoms with E-state index in [4.69, 9.17) is 5.73 Å². The van der Waals surface area contributed by atoms with Crippen LogP contribution >= 0.6 is 0 Å². The smallest absolute Gasteiger partial charge is 0.326 e. The summed E-state index contributed by atoms with van der Waals surface area (Å²) >= 11 is 0. The van der Waals surface area contributed by atoms with Gasteiger partial charge in [0.2, 0.25) is 0 Å². The van der Waals surface area contributed by atoms with Gasteiger partial charge in [0.15, 0.2) is 0 Å². The van der Waals surface area contributed by atoms with Crippen molar-refractivity contribution in [1.29, 1.82) is 0 Å². The van der Waals surface area contributed by atoms with Crippen LogP contribution in [0.4, 0.5) is 0 Å². The van der Waals surface area contributed by atoms with Gasteiger partial charge in [-0.1, -0.05) is 39.8 Å². The Morgan fingerprint density at radius 3 is 2.18 bits per heavy atom. The molecule has 1 fully saturated rings. The summed E-state index contributed by atoms with van der Waals surface area (Å²) in [5.74, 6) is 0.0700. The van der Waals surface area contributed by atoms with Crippen molar-refractivity contribution >= 4 is 5.97 Å². The van der Waals surface area contributed by atoms with Gasteiger partial charge in [0.05, 0.1) is 7.11 Å². The van der Waals surface area contributed by atoms with Crippen molar-refractivity contribution in [2.45, 2.75) is 46.6 Å². The van der Waals surface area contributed by atoms with Gasteiger partial charge in [0.25, 0.3) is 0 Å². The van der Waals surface area contributed by atoms with Gasteiger partial charge in [0.1, 0.15) is 6.04 Å². The van der Waals surface area contributed by atoms with Crippen LogP contribution in [-0.2, 0) is 9.53 Å². The molecule has 0 radical (unpaired) electrons. The lowest BCUT2D eigenvalue weighted by molar-refractivity contribution is -0.140. The number of ether oxygens (including phenoxy) is 1. The van der Waals surface area contributed by atoms with Gasteiger partial charge in [-0.05, 0) is 29.6 Å². The maximum Gasteiger partial charge on any atom is 0.326 e. The zero-order valence-electron chi connectivity index (χ0n) is 11.6. The molecule has 0 spiro atoms. The van der Waals surface area contributed by atoms with E-state index in [0.29, 0.717) is 5.92 Å². The third kappa shape index (κ3) is 3.09. The van der Waals surface area contributed by atoms with Crippen LogP contribution in [0.5, 0.6) is 0 Å². The van der Waals surface area contributed by atoms with Crippen molar-refractivity contribution in [1.82, 2.24) is 0 Å². The molecular formula is C14H25NO2. The van der Waals surface area contributed by atoms with Crippen molar-refractivity contribution in [2.24, 2.45) is 22.5 Å². The molecule has 0 aromatic rings. The second kappa shape index (κ2) is 4.81. The standard InChI is InChI=1S/C14H25NO2/c1-13(2)8-9-14(3,4)11(13)7-6-10(15)12(16)17-5/h6-7,10-11H,8-9,15H2,1-5H3/b7-6+. The molecule has 3 nitrogen and oxygen atoms in total. The predicted octanol–water partition coefficient (Wildman–Crippen LogP) is 2.51. The van der Waals surface area contributed by atoms with Gasteiger partial charge in [-0.15, -0.1) is 0 Å². The maximum absolute atomic E-state index is 11.2. The summed E-state index contributed by atoms with van der Waals surface area (Å²) < 4.78 is 4.62. The Labute approximate surface area is 104 Å². The number of rotatable bonds is 3. The van der Waals surface area contributed by atoms with E-state index < -0.39 is 6.04 Å². The number of hydrogen-bond acceptors (Lipinski definition) is 3. The van der Waals surface area contributed by atoms with Crippen molar-refractivity contribution in [3.8, 4) is 0 Å².